The van der Waals surface area contributed by atoms with E-state index in [2.05, 4.69) is 168 Å². The predicted molar refractivity (Wildman–Crippen MR) is 209 cm³/mol. The Morgan fingerprint density at radius 1 is 0.375 bits per heavy atom. The fraction of sp³-hybridized carbons (Fsp3) is 0. The Morgan fingerprint density at radius 2 is 1.02 bits per heavy atom. The first-order chi connectivity index (χ1) is 23.8. The normalized spacial score (nSPS) is 12.2. The predicted octanol–water partition coefficient (Wildman–Crippen LogP) is 13.4. The van der Waals surface area contributed by atoms with Crippen LogP contribution in [0.1, 0.15) is 0 Å². The van der Waals surface area contributed by atoms with Crippen molar-refractivity contribution in [2.75, 3.05) is 0 Å². The van der Waals surface area contributed by atoms with Gasteiger partial charge in [0.25, 0.3) is 0 Å². The Morgan fingerprint density at radius 3 is 1.85 bits per heavy atom. The molecular weight excluding hydrogens is 599 g/mol. The van der Waals surface area contributed by atoms with Gasteiger partial charge in [0.1, 0.15) is 0 Å². The van der Waals surface area contributed by atoms with Gasteiger partial charge in [-0.05, 0) is 79.8 Å². The fourth-order valence-corrected chi connectivity index (χ4v) is 9.38. The average molecular weight is 626 g/mol. The second-order valence-electron chi connectivity index (χ2n) is 12.9. The van der Waals surface area contributed by atoms with Crippen molar-refractivity contribution in [2.24, 2.45) is 0 Å². The number of aromatic nitrogens is 1. The molecule has 0 saturated carbocycles. The first-order valence-corrected chi connectivity index (χ1v) is 17.3. The minimum absolute atomic E-state index is 1.19. The quantitative estimate of drug-likeness (QED) is 0.168. The maximum atomic E-state index is 2.55. The van der Waals surface area contributed by atoms with Crippen molar-refractivity contribution in [1.29, 1.82) is 0 Å². The fourth-order valence-electron chi connectivity index (χ4n) is 8.24. The van der Waals surface area contributed by atoms with E-state index in [1.54, 1.807) is 0 Å². The molecule has 0 aliphatic heterocycles. The smallest absolute Gasteiger partial charge is 0.0626 e. The van der Waals surface area contributed by atoms with Gasteiger partial charge in [0.05, 0.1) is 11.0 Å². The van der Waals surface area contributed by atoms with E-state index in [9.17, 15) is 0 Å². The van der Waals surface area contributed by atoms with E-state index in [-0.39, 0.29) is 0 Å². The molecule has 0 spiro atoms. The van der Waals surface area contributed by atoms with E-state index in [4.69, 9.17) is 0 Å². The van der Waals surface area contributed by atoms with Crippen LogP contribution in [0.3, 0.4) is 0 Å². The van der Waals surface area contributed by atoms with E-state index in [1.165, 1.54) is 102 Å². The van der Waals surface area contributed by atoms with Crippen LogP contribution in [0, 0.1) is 0 Å². The third-order valence-electron chi connectivity index (χ3n) is 10.3. The van der Waals surface area contributed by atoms with E-state index in [0.29, 0.717) is 0 Å². The number of benzene rings is 9. The Bertz CT molecular complexity index is 3110. The molecule has 1 nitrogen and oxygen atoms in total. The number of rotatable bonds is 2. The van der Waals surface area contributed by atoms with Gasteiger partial charge in [-0.2, -0.15) is 0 Å². The lowest BCUT2D eigenvalue weighted by molar-refractivity contribution is 1.20. The standard InChI is InChI=1S/C46H27NS/c1-2-12-28(13-3-1)38-25-31-16-6-7-17-33(31)43-36-19-8-9-20-37(36)46-45(44(38)43)39-24-29-14-4-5-15-30(29)26-40(39)47(46)32-22-23-35-34-18-10-11-21-41(34)48-42(35)27-32/h1-27H. The Balaban J connectivity index is 1.43. The van der Waals surface area contributed by atoms with Crippen molar-refractivity contribution >= 4 is 96.4 Å². The molecule has 11 rings (SSSR count). The van der Waals surface area contributed by atoms with Crippen LogP contribution < -0.4 is 0 Å². The van der Waals surface area contributed by atoms with Gasteiger partial charge in [-0.3, -0.25) is 0 Å². The lowest BCUT2D eigenvalue weighted by Crippen LogP contribution is -1.95. The molecule has 2 heteroatoms. The van der Waals surface area contributed by atoms with E-state index < -0.39 is 0 Å². The summed E-state index contributed by atoms with van der Waals surface area (Å²) in [5, 5.41) is 15.5. The lowest BCUT2D eigenvalue weighted by Gasteiger charge is -2.17. The van der Waals surface area contributed by atoms with Crippen LogP contribution in [-0.4, -0.2) is 4.57 Å². The first kappa shape index (κ1) is 26.1. The second-order valence-corrected chi connectivity index (χ2v) is 13.9. The lowest BCUT2D eigenvalue weighted by atomic mass is 9.87. The van der Waals surface area contributed by atoms with E-state index in [1.807, 2.05) is 11.3 Å². The summed E-state index contributed by atoms with van der Waals surface area (Å²) in [6, 6.07) is 60.8. The molecule has 2 heterocycles. The number of thiophene rings is 1. The van der Waals surface area contributed by atoms with Crippen LogP contribution in [0.4, 0.5) is 0 Å². The van der Waals surface area contributed by atoms with Gasteiger partial charge in [0.2, 0.25) is 0 Å². The Kier molecular flexibility index (Phi) is 5.32. The molecule has 2 aromatic heterocycles. The zero-order chi connectivity index (χ0) is 31.3. The zero-order valence-electron chi connectivity index (χ0n) is 25.9. The van der Waals surface area contributed by atoms with Crippen molar-refractivity contribution in [3.05, 3.63) is 164 Å². The highest BCUT2D eigenvalue weighted by Crippen LogP contribution is 2.49. The molecule has 0 bridgehead atoms. The van der Waals surface area contributed by atoms with Crippen LogP contribution in [0.15, 0.2) is 164 Å². The van der Waals surface area contributed by atoms with Crippen molar-refractivity contribution in [3.63, 3.8) is 0 Å². The SMILES string of the molecule is c1ccc(-c2cc3ccccc3c3c4ccccc4c4c(c5cc6ccccc6cc5n4-c4ccc5c(c4)sc4ccccc45)c23)cc1. The number of hydrogen-bond donors (Lipinski definition) is 0. The van der Waals surface area contributed by atoms with Crippen LogP contribution >= 0.6 is 11.3 Å². The Hall–Kier alpha value is -5.96. The van der Waals surface area contributed by atoms with Gasteiger partial charge in [0.15, 0.2) is 0 Å². The summed E-state index contributed by atoms with van der Waals surface area (Å²) >= 11 is 1.88. The van der Waals surface area contributed by atoms with E-state index >= 15 is 0 Å². The highest BCUT2D eigenvalue weighted by atomic mass is 32.1. The van der Waals surface area contributed by atoms with Crippen LogP contribution in [-0.2, 0) is 0 Å². The molecule has 0 fully saturated rings. The largest absolute Gasteiger partial charge is 0.309 e. The molecule has 0 aliphatic carbocycles. The summed E-state index contributed by atoms with van der Waals surface area (Å²) in [5.41, 5.74) is 6.19. The summed E-state index contributed by atoms with van der Waals surface area (Å²) in [5.74, 6) is 0. The topological polar surface area (TPSA) is 4.93 Å². The summed E-state index contributed by atoms with van der Waals surface area (Å²) in [7, 11) is 0. The molecule has 0 N–H and O–H groups in total. The molecule has 0 radical (unpaired) electrons. The van der Waals surface area contributed by atoms with Crippen LogP contribution in [0.25, 0.3) is 102 Å². The molecule has 0 atom stereocenters. The van der Waals surface area contributed by atoms with Gasteiger partial charge >= 0.3 is 0 Å². The number of hydrogen-bond acceptors (Lipinski definition) is 1. The highest BCUT2D eigenvalue weighted by Gasteiger charge is 2.23. The van der Waals surface area contributed by atoms with Crippen molar-refractivity contribution < 1.29 is 0 Å². The molecule has 222 valence electrons. The van der Waals surface area contributed by atoms with Gasteiger partial charge < -0.3 is 4.57 Å². The molecule has 9 aromatic carbocycles. The van der Waals surface area contributed by atoms with Crippen molar-refractivity contribution in [3.8, 4) is 16.8 Å². The summed E-state index contributed by atoms with van der Waals surface area (Å²) < 4.78 is 5.19. The molecule has 0 unspecified atom stereocenters. The summed E-state index contributed by atoms with van der Waals surface area (Å²) in [6.45, 7) is 0. The second kappa shape index (κ2) is 9.78. The average Bonchev–Trinajstić information content (AvgIpc) is 3.69. The third-order valence-corrected chi connectivity index (χ3v) is 11.4. The monoisotopic (exact) mass is 625 g/mol. The highest BCUT2D eigenvalue weighted by molar-refractivity contribution is 7.25. The number of nitrogens with zero attached hydrogens (tertiary/aromatic N) is 1. The van der Waals surface area contributed by atoms with Crippen LogP contribution in [0.2, 0.25) is 0 Å². The van der Waals surface area contributed by atoms with Crippen LogP contribution in [0.5, 0.6) is 0 Å². The number of fused-ring (bicyclic) bond motifs is 14. The first-order valence-electron chi connectivity index (χ1n) is 16.5. The molecule has 0 saturated heterocycles. The minimum Gasteiger partial charge on any atom is -0.309 e. The Labute approximate surface area is 280 Å². The molecule has 0 amide bonds. The summed E-state index contributed by atoms with van der Waals surface area (Å²) in [4.78, 5) is 0. The van der Waals surface area contributed by atoms with Crippen molar-refractivity contribution in [2.45, 2.75) is 0 Å². The zero-order valence-corrected chi connectivity index (χ0v) is 26.8. The van der Waals surface area contributed by atoms with Gasteiger partial charge in [-0.1, -0.05) is 127 Å². The molecule has 0 aliphatic rings. The van der Waals surface area contributed by atoms with Gasteiger partial charge in [-0.15, -0.1) is 11.3 Å². The van der Waals surface area contributed by atoms with Gasteiger partial charge in [0, 0.05) is 47.4 Å². The summed E-state index contributed by atoms with van der Waals surface area (Å²) in [6.07, 6.45) is 0. The minimum atomic E-state index is 1.19. The third kappa shape index (κ3) is 3.55. The molecule has 48 heavy (non-hydrogen) atoms. The van der Waals surface area contributed by atoms with Gasteiger partial charge in [-0.25, -0.2) is 0 Å². The maximum Gasteiger partial charge on any atom is 0.0626 e. The molecule has 11 aromatic rings. The van der Waals surface area contributed by atoms with Crippen molar-refractivity contribution in [1.82, 2.24) is 4.57 Å². The van der Waals surface area contributed by atoms with E-state index in [0.717, 1.165) is 0 Å². The molecular formula is C46H27NS. The maximum absolute atomic E-state index is 2.55.